The smallest absolute Gasteiger partial charge is 0.317 e. The van der Waals surface area contributed by atoms with Crippen LogP contribution in [0.25, 0.3) is 0 Å². The number of likely N-dealkylation sites (N-methyl/N-ethyl adjacent to an activating group) is 1. The van der Waals surface area contributed by atoms with Crippen LogP contribution in [0.4, 0.5) is 4.79 Å². The van der Waals surface area contributed by atoms with Crippen molar-refractivity contribution in [1.82, 2.24) is 15.5 Å². The summed E-state index contributed by atoms with van der Waals surface area (Å²) in [5.41, 5.74) is 0. The van der Waals surface area contributed by atoms with Crippen LogP contribution >= 0.6 is 12.4 Å². The fraction of sp³-hybridized carbons (Fsp3) is 0.889. The number of halogens is 1. The van der Waals surface area contributed by atoms with E-state index in [2.05, 4.69) is 10.6 Å². The Kier molecular flexibility index (Phi) is 4.01. The van der Waals surface area contributed by atoms with Gasteiger partial charge in [-0.25, -0.2) is 4.79 Å². The molecule has 2 rings (SSSR count). The molecule has 1 saturated carbocycles. The number of nitrogens with zero attached hydrogens (tertiary/aromatic N) is 1. The number of rotatable bonds is 2. The van der Waals surface area contributed by atoms with Crippen LogP contribution in [0.2, 0.25) is 0 Å². The minimum absolute atomic E-state index is 0. The summed E-state index contributed by atoms with van der Waals surface area (Å²) in [6.45, 7) is 1.75. The van der Waals surface area contributed by atoms with Gasteiger partial charge in [-0.15, -0.1) is 12.4 Å². The Morgan fingerprint density at radius 3 is 2.50 bits per heavy atom. The van der Waals surface area contributed by atoms with Crippen LogP contribution < -0.4 is 10.6 Å². The second kappa shape index (κ2) is 4.84. The fourth-order valence-electron chi connectivity index (χ4n) is 1.67. The first kappa shape index (κ1) is 11.6. The Morgan fingerprint density at radius 1 is 1.29 bits per heavy atom. The van der Waals surface area contributed by atoms with Crippen LogP contribution in [-0.2, 0) is 0 Å². The first-order valence-electron chi connectivity index (χ1n) is 5.02. The zero-order chi connectivity index (χ0) is 9.26. The summed E-state index contributed by atoms with van der Waals surface area (Å²) in [7, 11) is 1.95. The molecule has 1 aliphatic heterocycles. The number of urea groups is 1. The summed E-state index contributed by atoms with van der Waals surface area (Å²) < 4.78 is 0. The standard InChI is InChI=1S/C9H17N3O.ClH/c1-10-8-4-5-12(6-8)9(13)11-7-2-3-7;/h7-8,10H,2-6H2,1H3,(H,11,13);1H/t8-;/m1./s1. The highest BCUT2D eigenvalue weighted by Crippen LogP contribution is 2.19. The van der Waals surface area contributed by atoms with Crippen molar-refractivity contribution in [2.75, 3.05) is 20.1 Å². The third-order valence-electron chi connectivity index (χ3n) is 2.79. The lowest BCUT2D eigenvalue weighted by molar-refractivity contribution is 0.207. The van der Waals surface area contributed by atoms with Crippen molar-refractivity contribution in [3.8, 4) is 0 Å². The average molecular weight is 220 g/mol. The van der Waals surface area contributed by atoms with Crippen LogP contribution in [-0.4, -0.2) is 43.2 Å². The molecule has 0 spiro atoms. The quantitative estimate of drug-likeness (QED) is 0.714. The van der Waals surface area contributed by atoms with Gasteiger partial charge in [-0.1, -0.05) is 0 Å². The van der Waals surface area contributed by atoms with Gasteiger partial charge >= 0.3 is 6.03 Å². The molecule has 2 N–H and O–H groups in total. The highest BCUT2D eigenvalue weighted by Gasteiger charge is 2.29. The number of likely N-dealkylation sites (tertiary alicyclic amines) is 1. The van der Waals surface area contributed by atoms with Crippen LogP contribution in [0, 0.1) is 0 Å². The summed E-state index contributed by atoms with van der Waals surface area (Å²) in [4.78, 5) is 13.4. The van der Waals surface area contributed by atoms with Gasteiger partial charge in [0.15, 0.2) is 0 Å². The van der Waals surface area contributed by atoms with E-state index in [1.807, 2.05) is 11.9 Å². The van der Waals surface area contributed by atoms with Gasteiger partial charge in [0.25, 0.3) is 0 Å². The third-order valence-corrected chi connectivity index (χ3v) is 2.79. The van der Waals surface area contributed by atoms with Crippen molar-refractivity contribution < 1.29 is 4.79 Å². The molecular formula is C9H18ClN3O. The molecule has 2 amide bonds. The zero-order valence-corrected chi connectivity index (χ0v) is 9.27. The summed E-state index contributed by atoms with van der Waals surface area (Å²) in [5.74, 6) is 0. The predicted octanol–water partition coefficient (Wildman–Crippen LogP) is 0.574. The van der Waals surface area contributed by atoms with E-state index >= 15 is 0 Å². The lowest BCUT2D eigenvalue weighted by Crippen LogP contribution is -2.41. The molecule has 2 fully saturated rings. The van der Waals surface area contributed by atoms with E-state index in [0.29, 0.717) is 12.1 Å². The average Bonchev–Trinajstić information content (AvgIpc) is 2.82. The largest absolute Gasteiger partial charge is 0.335 e. The second-order valence-electron chi connectivity index (χ2n) is 3.94. The highest BCUT2D eigenvalue weighted by molar-refractivity contribution is 5.85. The molecule has 0 bridgehead atoms. The number of hydrogen-bond acceptors (Lipinski definition) is 2. The van der Waals surface area contributed by atoms with Crippen LogP contribution in [0.15, 0.2) is 0 Å². The van der Waals surface area contributed by atoms with E-state index in [1.54, 1.807) is 0 Å². The summed E-state index contributed by atoms with van der Waals surface area (Å²) in [5, 5.41) is 6.20. The fourth-order valence-corrected chi connectivity index (χ4v) is 1.67. The van der Waals surface area contributed by atoms with Crippen molar-refractivity contribution in [3.05, 3.63) is 0 Å². The molecule has 1 atom stereocenters. The summed E-state index contributed by atoms with van der Waals surface area (Å²) in [6.07, 6.45) is 3.40. The molecule has 0 radical (unpaired) electrons. The number of carbonyl (C=O) groups is 1. The van der Waals surface area contributed by atoms with E-state index in [1.165, 1.54) is 0 Å². The highest BCUT2D eigenvalue weighted by atomic mass is 35.5. The molecule has 2 aliphatic rings. The lowest BCUT2D eigenvalue weighted by atomic mass is 10.3. The summed E-state index contributed by atoms with van der Waals surface area (Å²) >= 11 is 0. The molecule has 4 nitrogen and oxygen atoms in total. The third kappa shape index (κ3) is 2.75. The molecule has 0 unspecified atom stereocenters. The Hall–Kier alpha value is -0.480. The van der Waals surface area contributed by atoms with Crippen molar-refractivity contribution >= 4 is 18.4 Å². The maximum atomic E-state index is 11.5. The number of nitrogens with one attached hydrogen (secondary N) is 2. The van der Waals surface area contributed by atoms with Gasteiger partial charge in [0.2, 0.25) is 0 Å². The van der Waals surface area contributed by atoms with Gasteiger partial charge in [-0.05, 0) is 26.3 Å². The molecule has 0 aromatic heterocycles. The molecule has 1 aliphatic carbocycles. The van der Waals surface area contributed by atoms with Gasteiger partial charge in [0.05, 0.1) is 0 Å². The van der Waals surface area contributed by atoms with Crippen LogP contribution in [0.1, 0.15) is 19.3 Å². The molecule has 1 heterocycles. The first-order valence-corrected chi connectivity index (χ1v) is 5.02. The zero-order valence-electron chi connectivity index (χ0n) is 8.45. The Bertz CT molecular complexity index is 208. The van der Waals surface area contributed by atoms with Gasteiger partial charge < -0.3 is 15.5 Å². The van der Waals surface area contributed by atoms with Crippen LogP contribution in [0.5, 0.6) is 0 Å². The number of hydrogen-bond donors (Lipinski definition) is 2. The van der Waals surface area contributed by atoms with E-state index in [9.17, 15) is 4.79 Å². The molecule has 0 aromatic carbocycles. The molecule has 14 heavy (non-hydrogen) atoms. The Morgan fingerprint density at radius 2 is 2.00 bits per heavy atom. The van der Waals surface area contributed by atoms with E-state index in [0.717, 1.165) is 32.4 Å². The van der Waals surface area contributed by atoms with Crippen LogP contribution in [0.3, 0.4) is 0 Å². The maximum absolute atomic E-state index is 11.5. The normalized spacial score (nSPS) is 25.8. The van der Waals surface area contributed by atoms with E-state index < -0.39 is 0 Å². The monoisotopic (exact) mass is 219 g/mol. The van der Waals surface area contributed by atoms with Crippen molar-refractivity contribution in [3.63, 3.8) is 0 Å². The van der Waals surface area contributed by atoms with Gasteiger partial charge in [-0.2, -0.15) is 0 Å². The molecule has 5 heteroatoms. The first-order chi connectivity index (χ1) is 6.29. The van der Waals surface area contributed by atoms with E-state index in [4.69, 9.17) is 0 Å². The minimum Gasteiger partial charge on any atom is -0.335 e. The molecule has 82 valence electrons. The molecule has 1 saturated heterocycles. The maximum Gasteiger partial charge on any atom is 0.317 e. The minimum atomic E-state index is 0. The van der Waals surface area contributed by atoms with Gasteiger partial charge in [-0.3, -0.25) is 0 Å². The summed E-state index contributed by atoms with van der Waals surface area (Å²) in [6, 6.07) is 1.09. The molecular weight excluding hydrogens is 202 g/mol. The SMILES string of the molecule is CN[C@@H]1CCN(C(=O)NC2CC2)C1.Cl. The van der Waals surface area contributed by atoms with Crippen molar-refractivity contribution in [1.29, 1.82) is 0 Å². The predicted molar refractivity (Wildman–Crippen MR) is 57.8 cm³/mol. The molecule has 0 aromatic rings. The van der Waals surface area contributed by atoms with Crippen molar-refractivity contribution in [2.45, 2.75) is 31.3 Å². The van der Waals surface area contributed by atoms with Crippen molar-refractivity contribution in [2.24, 2.45) is 0 Å². The van der Waals surface area contributed by atoms with E-state index in [-0.39, 0.29) is 18.4 Å². The number of carbonyl (C=O) groups excluding carboxylic acids is 1. The second-order valence-corrected chi connectivity index (χ2v) is 3.94. The Balaban J connectivity index is 0.000000980. The van der Waals surface area contributed by atoms with Gasteiger partial charge in [0, 0.05) is 25.2 Å². The lowest BCUT2D eigenvalue weighted by Gasteiger charge is -2.16. The Labute approximate surface area is 90.8 Å². The van der Waals surface area contributed by atoms with Gasteiger partial charge in [0.1, 0.15) is 0 Å². The topological polar surface area (TPSA) is 44.4 Å². The number of amides is 2.